The molecule has 1 aromatic rings. The van der Waals surface area contributed by atoms with Gasteiger partial charge in [0, 0.05) is 12.1 Å². The molecule has 2 fully saturated rings. The Bertz CT molecular complexity index is 581. The van der Waals surface area contributed by atoms with E-state index >= 15 is 0 Å². The van der Waals surface area contributed by atoms with Crippen LogP contribution in [0.1, 0.15) is 43.5 Å². The second-order valence-electron chi connectivity index (χ2n) is 6.82. The highest BCUT2D eigenvalue weighted by Crippen LogP contribution is 2.49. The number of hydrogen-bond donors (Lipinski definition) is 2. The van der Waals surface area contributed by atoms with Gasteiger partial charge in [0.2, 0.25) is 5.91 Å². The molecule has 22 heavy (non-hydrogen) atoms. The van der Waals surface area contributed by atoms with E-state index in [0.717, 1.165) is 23.2 Å². The maximum atomic E-state index is 12.0. The van der Waals surface area contributed by atoms with Crippen molar-refractivity contribution in [3.05, 3.63) is 17.5 Å². The van der Waals surface area contributed by atoms with Gasteiger partial charge in [0.05, 0.1) is 5.69 Å². The van der Waals surface area contributed by atoms with E-state index in [-0.39, 0.29) is 18.4 Å². The van der Waals surface area contributed by atoms with Gasteiger partial charge in [-0.15, -0.1) is 0 Å². The Hall–Kier alpha value is -1.85. The number of hydrogen-bond acceptors (Lipinski definition) is 3. The molecule has 1 aromatic heterocycles. The second-order valence-corrected chi connectivity index (χ2v) is 6.82. The molecular formula is C16H24N4O2. The van der Waals surface area contributed by atoms with Crippen LogP contribution in [0.15, 0.2) is 6.07 Å². The third kappa shape index (κ3) is 3.31. The summed E-state index contributed by atoms with van der Waals surface area (Å²) < 4.78 is 1.63. The van der Waals surface area contributed by atoms with Crippen molar-refractivity contribution in [2.75, 3.05) is 0 Å². The molecular weight excluding hydrogens is 280 g/mol. The van der Waals surface area contributed by atoms with Gasteiger partial charge >= 0.3 is 0 Å². The lowest BCUT2D eigenvalue weighted by Gasteiger charge is -2.20. The van der Waals surface area contributed by atoms with Crippen LogP contribution in [0.5, 0.6) is 0 Å². The van der Waals surface area contributed by atoms with Crippen LogP contribution >= 0.6 is 0 Å². The Morgan fingerprint density at radius 1 is 1.23 bits per heavy atom. The lowest BCUT2D eigenvalue weighted by atomic mass is 9.86. The van der Waals surface area contributed by atoms with Gasteiger partial charge in [-0.3, -0.25) is 25.1 Å². The van der Waals surface area contributed by atoms with E-state index < -0.39 is 0 Å². The summed E-state index contributed by atoms with van der Waals surface area (Å²) in [7, 11) is 0. The lowest BCUT2D eigenvalue weighted by Crippen LogP contribution is -2.44. The molecule has 0 unspecified atom stereocenters. The van der Waals surface area contributed by atoms with Crippen molar-refractivity contribution in [2.45, 2.75) is 52.5 Å². The predicted octanol–water partition coefficient (Wildman–Crippen LogP) is 1.47. The zero-order valence-electron chi connectivity index (χ0n) is 13.3. The maximum Gasteiger partial charge on any atom is 0.260 e. The molecule has 2 bridgehead atoms. The number of rotatable bonds is 4. The average molecular weight is 304 g/mol. The Morgan fingerprint density at radius 3 is 2.59 bits per heavy atom. The fourth-order valence-corrected chi connectivity index (χ4v) is 4.07. The van der Waals surface area contributed by atoms with E-state index in [0.29, 0.717) is 12.3 Å². The van der Waals surface area contributed by atoms with Crippen LogP contribution < -0.4 is 10.9 Å². The molecule has 3 rings (SSSR count). The van der Waals surface area contributed by atoms with E-state index in [9.17, 15) is 9.59 Å². The third-order valence-corrected chi connectivity index (χ3v) is 5.07. The van der Waals surface area contributed by atoms with Crippen molar-refractivity contribution in [1.82, 2.24) is 20.6 Å². The van der Waals surface area contributed by atoms with Crippen LogP contribution in [0, 0.1) is 31.6 Å². The van der Waals surface area contributed by atoms with E-state index in [1.54, 1.807) is 4.68 Å². The molecule has 1 heterocycles. The summed E-state index contributed by atoms with van der Waals surface area (Å²) in [5, 5.41) is 4.23. The summed E-state index contributed by atoms with van der Waals surface area (Å²) in [6, 6.07) is 1.92. The molecule has 0 aromatic carbocycles. The minimum absolute atomic E-state index is 0.0840. The van der Waals surface area contributed by atoms with E-state index in [2.05, 4.69) is 16.0 Å². The summed E-state index contributed by atoms with van der Waals surface area (Å²) in [6.07, 6.45) is 5.61. The number of carbonyl (C=O) groups excluding carboxylic acids is 2. The minimum atomic E-state index is -0.257. The van der Waals surface area contributed by atoms with Gasteiger partial charge in [-0.2, -0.15) is 5.10 Å². The summed E-state index contributed by atoms with van der Waals surface area (Å²) in [6.45, 7) is 3.91. The normalized spacial score (nSPS) is 26.2. The topological polar surface area (TPSA) is 76.0 Å². The van der Waals surface area contributed by atoms with Gasteiger partial charge in [0.1, 0.15) is 6.54 Å². The Balaban J connectivity index is 1.41. The molecule has 6 nitrogen and oxygen atoms in total. The molecule has 0 saturated heterocycles. The van der Waals surface area contributed by atoms with Crippen molar-refractivity contribution in [3.8, 4) is 0 Å². The lowest BCUT2D eigenvalue weighted by molar-refractivity contribution is -0.130. The number of aromatic nitrogens is 2. The summed E-state index contributed by atoms with van der Waals surface area (Å²) in [5.41, 5.74) is 6.83. The zero-order valence-corrected chi connectivity index (χ0v) is 13.3. The quantitative estimate of drug-likeness (QED) is 0.827. The van der Waals surface area contributed by atoms with Crippen LogP contribution in [0.3, 0.4) is 0 Å². The number of amides is 2. The van der Waals surface area contributed by atoms with Gasteiger partial charge in [0.25, 0.3) is 5.91 Å². The van der Waals surface area contributed by atoms with Crippen molar-refractivity contribution in [3.63, 3.8) is 0 Å². The number of fused-ring (bicyclic) bond motifs is 2. The predicted molar refractivity (Wildman–Crippen MR) is 81.5 cm³/mol. The molecule has 2 N–H and O–H groups in total. The van der Waals surface area contributed by atoms with Gasteiger partial charge in [-0.1, -0.05) is 6.42 Å². The first-order valence-corrected chi connectivity index (χ1v) is 8.10. The highest BCUT2D eigenvalue weighted by molar-refractivity contribution is 5.82. The van der Waals surface area contributed by atoms with Crippen LogP contribution in [-0.2, 0) is 16.1 Å². The molecule has 0 spiro atoms. The van der Waals surface area contributed by atoms with Gasteiger partial charge in [-0.25, -0.2) is 0 Å². The molecule has 2 saturated carbocycles. The van der Waals surface area contributed by atoms with Gasteiger partial charge < -0.3 is 0 Å². The first-order valence-electron chi connectivity index (χ1n) is 8.10. The Kier molecular flexibility index (Phi) is 4.18. The molecule has 6 heteroatoms. The molecule has 0 aliphatic heterocycles. The SMILES string of the molecule is Cc1cc(C)n(CC(=O)NNC(=O)C[C@H]2C[C@H]3CC[C@@H]2C3)n1. The van der Waals surface area contributed by atoms with Crippen LogP contribution in [0.2, 0.25) is 0 Å². The zero-order chi connectivity index (χ0) is 15.7. The largest absolute Gasteiger partial charge is 0.273 e. The van der Waals surface area contributed by atoms with Crippen molar-refractivity contribution in [2.24, 2.45) is 17.8 Å². The fraction of sp³-hybridized carbons (Fsp3) is 0.688. The highest BCUT2D eigenvalue weighted by Gasteiger charge is 2.40. The number of carbonyl (C=O) groups is 2. The van der Waals surface area contributed by atoms with Crippen molar-refractivity contribution in [1.29, 1.82) is 0 Å². The Labute approximate surface area is 130 Å². The molecule has 3 atom stereocenters. The standard InChI is InChI=1S/C16H24N4O2/c1-10-5-11(2)20(19-10)9-16(22)18-17-15(21)8-14-7-12-3-4-13(14)6-12/h5,12-14H,3-4,6-9H2,1-2H3,(H,17,21)(H,18,22)/t12-,13+,14+/m0/s1. The number of hydrazine groups is 1. The molecule has 2 aliphatic rings. The first kappa shape index (κ1) is 15.1. The highest BCUT2D eigenvalue weighted by atomic mass is 16.2. The van der Waals surface area contributed by atoms with Gasteiger partial charge in [-0.05, 0) is 56.9 Å². The van der Waals surface area contributed by atoms with Crippen LogP contribution in [0.4, 0.5) is 0 Å². The second kappa shape index (κ2) is 6.10. The number of nitrogens with zero attached hydrogens (tertiary/aromatic N) is 2. The van der Waals surface area contributed by atoms with E-state index in [1.165, 1.54) is 25.7 Å². The average Bonchev–Trinajstić information content (AvgIpc) is 3.13. The fourth-order valence-electron chi connectivity index (χ4n) is 4.07. The number of aryl methyl sites for hydroxylation is 2. The summed E-state index contributed by atoms with van der Waals surface area (Å²) >= 11 is 0. The third-order valence-electron chi connectivity index (χ3n) is 5.07. The van der Waals surface area contributed by atoms with Crippen LogP contribution in [0.25, 0.3) is 0 Å². The first-order chi connectivity index (χ1) is 10.5. The molecule has 2 aliphatic carbocycles. The number of nitrogens with one attached hydrogen (secondary N) is 2. The minimum Gasteiger partial charge on any atom is -0.273 e. The summed E-state index contributed by atoms with van der Waals surface area (Å²) in [5.74, 6) is 1.72. The molecule has 120 valence electrons. The van der Waals surface area contributed by atoms with E-state index in [1.807, 2.05) is 19.9 Å². The van der Waals surface area contributed by atoms with Crippen molar-refractivity contribution < 1.29 is 9.59 Å². The molecule has 0 radical (unpaired) electrons. The smallest absolute Gasteiger partial charge is 0.260 e. The summed E-state index contributed by atoms with van der Waals surface area (Å²) in [4.78, 5) is 23.8. The van der Waals surface area contributed by atoms with Crippen molar-refractivity contribution >= 4 is 11.8 Å². The Morgan fingerprint density at radius 2 is 2.00 bits per heavy atom. The van der Waals surface area contributed by atoms with Gasteiger partial charge in [0.15, 0.2) is 0 Å². The monoisotopic (exact) mass is 304 g/mol. The molecule has 2 amide bonds. The van der Waals surface area contributed by atoms with Crippen LogP contribution in [-0.4, -0.2) is 21.6 Å². The maximum absolute atomic E-state index is 12.0. The van der Waals surface area contributed by atoms with E-state index in [4.69, 9.17) is 0 Å².